The highest BCUT2D eigenvalue weighted by Gasteiger charge is 2.57. The number of amides is 2. The predicted octanol–water partition coefficient (Wildman–Crippen LogP) is 3.01. The van der Waals surface area contributed by atoms with Gasteiger partial charge in [0.1, 0.15) is 0 Å². The Bertz CT molecular complexity index is 644. The van der Waals surface area contributed by atoms with Crippen molar-refractivity contribution in [3.63, 3.8) is 0 Å². The maximum absolute atomic E-state index is 12.9. The van der Waals surface area contributed by atoms with Crippen LogP contribution in [0.25, 0.3) is 0 Å². The molecule has 3 heteroatoms. The van der Waals surface area contributed by atoms with Crippen molar-refractivity contribution >= 4 is 17.5 Å². The highest BCUT2D eigenvalue weighted by Crippen LogP contribution is 2.50. The fourth-order valence-electron chi connectivity index (χ4n) is 4.27. The van der Waals surface area contributed by atoms with Gasteiger partial charge in [-0.05, 0) is 55.7 Å². The number of carbonyl (C=O) groups is 2. The number of anilines is 1. The summed E-state index contributed by atoms with van der Waals surface area (Å²) in [5, 5.41) is 0. The van der Waals surface area contributed by atoms with Crippen molar-refractivity contribution in [3.8, 4) is 0 Å². The first-order valence-electron chi connectivity index (χ1n) is 7.71. The second-order valence-corrected chi connectivity index (χ2v) is 6.64. The average molecular weight is 281 g/mol. The van der Waals surface area contributed by atoms with Gasteiger partial charge >= 0.3 is 0 Å². The fourth-order valence-corrected chi connectivity index (χ4v) is 4.27. The molecule has 2 amide bonds. The van der Waals surface area contributed by atoms with E-state index < -0.39 is 0 Å². The van der Waals surface area contributed by atoms with Crippen molar-refractivity contribution in [2.24, 2.45) is 23.7 Å². The van der Waals surface area contributed by atoms with Gasteiger partial charge in [-0.15, -0.1) is 0 Å². The number of hydrogen-bond donors (Lipinski definition) is 0. The number of rotatable bonds is 1. The van der Waals surface area contributed by atoms with Gasteiger partial charge in [-0.3, -0.25) is 9.59 Å². The van der Waals surface area contributed by atoms with E-state index in [4.69, 9.17) is 0 Å². The van der Waals surface area contributed by atoms with Crippen molar-refractivity contribution in [1.29, 1.82) is 0 Å². The van der Waals surface area contributed by atoms with Crippen LogP contribution in [0.15, 0.2) is 30.4 Å². The first kappa shape index (κ1) is 12.8. The van der Waals surface area contributed by atoms with Gasteiger partial charge in [0.05, 0.1) is 17.5 Å². The van der Waals surface area contributed by atoms with Gasteiger partial charge in [0.2, 0.25) is 11.8 Å². The normalized spacial score (nSPS) is 33.7. The number of benzene rings is 1. The van der Waals surface area contributed by atoms with E-state index in [0.29, 0.717) is 0 Å². The predicted molar refractivity (Wildman–Crippen MR) is 80.7 cm³/mol. The monoisotopic (exact) mass is 281 g/mol. The molecule has 0 radical (unpaired) electrons. The summed E-state index contributed by atoms with van der Waals surface area (Å²) in [7, 11) is 0. The number of carbonyl (C=O) groups excluding carboxylic acids is 2. The van der Waals surface area contributed by atoms with Crippen LogP contribution in [0.3, 0.4) is 0 Å². The van der Waals surface area contributed by atoms with E-state index in [1.165, 1.54) is 4.90 Å². The molecule has 3 aliphatic carbocycles. The number of allylic oxidation sites excluding steroid dienone is 2. The largest absolute Gasteiger partial charge is 0.274 e. The summed E-state index contributed by atoms with van der Waals surface area (Å²) < 4.78 is 0. The molecule has 0 spiro atoms. The number of aryl methyl sites for hydroxylation is 2. The molecule has 1 saturated carbocycles. The summed E-state index contributed by atoms with van der Waals surface area (Å²) in [6, 6.07) is 5.96. The summed E-state index contributed by atoms with van der Waals surface area (Å²) in [6.45, 7) is 3.95. The zero-order valence-corrected chi connectivity index (χ0v) is 12.4. The van der Waals surface area contributed by atoms with Crippen molar-refractivity contribution in [3.05, 3.63) is 41.5 Å². The summed E-state index contributed by atoms with van der Waals surface area (Å²) in [6.07, 6.45) is 6.41. The molecule has 5 rings (SSSR count). The van der Waals surface area contributed by atoms with Gasteiger partial charge in [-0.25, -0.2) is 4.90 Å². The van der Waals surface area contributed by atoms with Gasteiger partial charge < -0.3 is 0 Å². The van der Waals surface area contributed by atoms with E-state index in [1.54, 1.807) is 0 Å². The standard InChI is InChI=1S/C18H19NO2/c1-10-3-4-11(2)14(9-10)19-17(20)15-12-5-6-13(8-7-12)16(15)18(19)21/h3-6,9,12-13,15-16H,7-8H2,1-2H3/t12-,13-,15-,16-/m0/s1. The molecule has 1 aromatic rings. The zero-order valence-electron chi connectivity index (χ0n) is 12.4. The average Bonchev–Trinajstić information content (AvgIpc) is 2.77. The van der Waals surface area contributed by atoms with Crippen LogP contribution in [-0.2, 0) is 9.59 Å². The first-order valence-corrected chi connectivity index (χ1v) is 7.71. The molecule has 4 aliphatic rings. The van der Waals surface area contributed by atoms with Crippen LogP contribution in [0.5, 0.6) is 0 Å². The molecular weight excluding hydrogens is 262 g/mol. The van der Waals surface area contributed by atoms with Crippen molar-refractivity contribution in [2.75, 3.05) is 4.90 Å². The second kappa shape index (κ2) is 4.30. The lowest BCUT2D eigenvalue weighted by atomic mass is 9.63. The number of nitrogens with zero attached hydrogens (tertiary/aromatic N) is 1. The number of hydrogen-bond acceptors (Lipinski definition) is 2. The molecular formula is C18H19NO2. The Morgan fingerprint density at radius 1 is 0.952 bits per heavy atom. The Labute approximate surface area is 124 Å². The summed E-state index contributed by atoms with van der Waals surface area (Å²) >= 11 is 0. The topological polar surface area (TPSA) is 37.4 Å². The molecule has 1 saturated heterocycles. The molecule has 1 aromatic carbocycles. The SMILES string of the molecule is Cc1ccc(C)c(N2C(=O)[C@@H]3[C@@H](C2=O)[C@H]2C=C[C@H]3CC2)c1. The van der Waals surface area contributed by atoms with E-state index in [9.17, 15) is 9.59 Å². The summed E-state index contributed by atoms with van der Waals surface area (Å²) in [4.78, 5) is 27.2. The molecule has 2 fully saturated rings. The molecule has 2 bridgehead atoms. The van der Waals surface area contributed by atoms with Gasteiger partial charge in [0, 0.05) is 0 Å². The van der Waals surface area contributed by atoms with Crippen LogP contribution in [0.2, 0.25) is 0 Å². The van der Waals surface area contributed by atoms with Crippen molar-refractivity contribution in [2.45, 2.75) is 26.7 Å². The maximum atomic E-state index is 12.9. The Morgan fingerprint density at radius 2 is 1.52 bits per heavy atom. The molecule has 4 atom stereocenters. The van der Waals surface area contributed by atoms with Crippen LogP contribution in [0, 0.1) is 37.5 Å². The molecule has 0 aromatic heterocycles. The third kappa shape index (κ3) is 1.66. The van der Waals surface area contributed by atoms with Crippen LogP contribution in [0.4, 0.5) is 5.69 Å². The first-order chi connectivity index (χ1) is 10.1. The Morgan fingerprint density at radius 3 is 2.05 bits per heavy atom. The van der Waals surface area contributed by atoms with E-state index in [2.05, 4.69) is 12.2 Å². The molecule has 0 N–H and O–H groups in total. The van der Waals surface area contributed by atoms with E-state index in [1.807, 2.05) is 32.0 Å². The van der Waals surface area contributed by atoms with Crippen LogP contribution < -0.4 is 4.90 Å². The lowest BCUT2D eigenvalue weighted by Gasteiger charge is -2.38. The Hall–Kier alpha value is -1.90. The van der Waals surface area contributed by atoms with Gasteiger partial charge in [-0.1, -0.05) is 24.3 Å². The maximum Gasteiger partial charge on any atom is 0.238 e. The van der Waals surface area contributed by atoms with E-state index in [0.717, 1.165) is 29.7 Å². The molecule has 1 heterocycles. The molecule has 1 aliphatic heterocycles. The number of fused-ring (bicyclic) bond motifs is 1. The quantitative estimate of drug-likeness (QED) is 0.586. The van der Waals surface area contributed by atoms with Gasteiger partial charge in [-0.2, -0.15) is 0 Å². The lowest BCUT2D eigenvalue weighted by molar-refractivity contribution is -0.124. The van der Waals surface area contributed by atoms with Crippen molar-refractivity contribution < 1.29 is 9.59 Å². The third-order valence-electron chi connectivity index (χ3n) is 5.36. The van der Waals surface area contributed by atoms with E-state index >= 15 is 0 Å². The second-order valence-electron chi connectivity index (χ2n) is 6.64. The molecule has 108 valence electrons. The number of imide groups is 1. The molecule has 21 heavy (non-hydrogen) atoms. The van der Waals surface area contributed by atoms with Crippen LogP contribution in [-0.4, -0.2) is 11.8 Å². The minimum Gasteiger partial charge on any atom is -0.274 e. The van der Waals surface area contributed by atoms with Gasteiger partial charge in [0.25, 0.3) is 0 Å². The van der Waals surface area contributed by atoms with Crippen molar-refractivity contribution in [1.82, 2.24) is 0 Å². The summed E-state index contributed by atoms with van der Waals surface area (Å²) in [5.41, 5.74) is 2.84. The van der Waals surface area contributed by atoms with Crippen LogP contribution >= 0.6 is 0 Å². The lowest BCUT2D eigenvalue weighted by Crippen LogP contribution is -2.38. The zero-order chi connectivity index (χ0) is 14.7. The highest BCUT2D eigenvalue weighted by molar-refractivity contribution is 6.22. The minimum atomic E-state index is -0.124. The smallest absolute Gasteiger partial charge is 0.238 e. The summed E-state index contributed by atoms with van der Waals surface area (Å²) in [5.74, 6) is 0.288. The fraction of sp³-hybridized carbons (Fsp3) is 0.444. The highest BCUT2D eigenvalue weighted by atomic mass is 16.2. The Balaban J connectivity index is 1.80. The molecule has 3 nitrogen and oxygen atoms in total. The van der Waals surface area contributed by atoms with Gasteiger partial charge in [0.15, 0.2) is 0 Å². The van der Waals surface area contributed by atoms with Crippen LogP contribution in [0.1, 0.15) is 24.0 Å². The van der Waals surface area contributed by atoms with E-state index in [-0.39, 0.29) is 35.5 Å². The Kier molecular flexibility index (Phi) is 2.62. The molecule has 0 unspecified atom stereocenters. The minimum absolute atomic E-state index is 0.0118. The third-order valence-corrected chi connectivity index (χ3v) is 5.36.